The highest BCUT2D eigenvalue weighted by Gasteiger charge is 2.34. The van der Waals surface area contributed by atoms with Crippen LogP contribution in [0.25, 0.3) is 0 Å². The molecule has 2 rings (SSSR count). The molecule has 1 aliphatic rings. The lowest BCUT2D eigenvalue weighted by Crippen LogP contribution is -2.46. The number of hydrogen-bond acceptors (Lipinski definition) is 7. The summed E-state index contributed by atoms with van der Waals surface area (Å²) < 4.78 is 24.6. The molecule has 0 bridgehead atoms. The molecule has 2 heterocycles. The van der Waals surface area contributed by atoms with E-state index in [-0.39, 0.29) is 21.2 Å². The van der Waals surface area contributed by atoms with Gasteiger partial charge in [-0.15, -0.1) is 11.3 Å². The van der Waals surface area contributed by atoms with Crippen LogP contribution in [0.2, 0.25) is 0 Å². The first-order valence-electron chi connectivity index (χ1n) is 6.74. The van der Waals surface area contributed by atoms with Crippen molar-refractivity contribution in [2.75, 3.05) is 29.5 Å². The van der Waals surface area contributed by atoms with Crippen LogP contribution in [0.1, 0.15) is 31.6 Å². The van der Waals surface area contributed by atoms with Gasteiger partial charge >= 0.3 is 0 Å². The number of nitriles is 1. The van der Waals surface area contributed by atoms with E-state index in [0.717, 1.165) is 17.8 Å². The Labute approximate surface area is 128 Å². The minimum atomic E-state index is -3.52. The van der Waals surface area contributed by atoms with Gasteiger partial charge < -0.3 is 15.7 Å². The minimum absolute atomic E-state index is 0.0320. The predicted molar refractivity (Wildman–Crippen MR) is 83.2 cm³/mol. The highest BCUT2D eigenvalue weighted by Crippen LogP contribution is 2.43. The number of nitrogens with zero attached hydrogens (tertiary/aromatic N) is 2. The third-order valence-electron chi connectivity index (χ3n) is 3.64. The van der Waals surface area contributed by atoms with Gasteiger partial charge in [-0.05, 0) is 19.8 Å². The van der Waals surface area contributed by atoms with E-state index in [1.807, 2.05) is 11.0 Å². The predicted octanol–water partition coefficient (Wildman–Crippen LogP) is 1.35. The minimum Gasteiger partial charge on any atom is -0.396 e. The highest BCUT2D eigenvalue weighted by atomic mass is 32.2. The molecule has 0 saturated carbocycles. The van der Waals surface area contributed by atoms with Gasteiger partial charge in [0.2, 0.25) is 0 Å². The molecule has 1 fully saturated rings. The molecular formula is C13H19N3O3S2. The summed E-state index contributed by atoms with van der Waals surface area (Å²) >= 11 is 1.09. The average Bonchev–Trinajstić information content (AvgIpc) is 2.75. The number of thiophene rings is 1. The van der Waals surface area contributed by atoms with Crippen LogP contribution in [0, 0.1) is 11.3 Å². The topological polar surface area (TPSA) is 107 Å². The molecular weight excluding hydrogens is 310 g/mol. The molecule has 1 aromatic heterocycles. The van der Waals surface area contributed by atoms with Crippen molar-refractivity contribution in [2.45, 2.75) is 37.2 Å². The number of hydrogen-bond donors (Lipinski definition) is 2. The van der Waals surface area contributed by atoms with E-state index < -0.39 is 15.4 Å². The first-order valence-corrected chi connectivity index (χ1v) is 9.21. The standard InChI is InChI=1S/C13H19N3O3S2/c1-3-21(18,19)11-10(15)9(7-14)20-12(11)16-6-4-5-13(2,17)8-16/h17H,3-6,8,15H2,1-2H3. The van der Waals surface area contributed by atoms with Gasteiger partial charge in [-0.3, -0.25) is 0 Å². The Hall–Kier alpha value is -1.30. The van der Waals surface area contributed by atoms with Crippen LogP contribution in [0.5, 0.6) is 0 Å². The van der Waals surface area contributed by atoms with Crippen LogP contribution < -0.4 is 10.6 Å². The maximum atomic E-state index is 12.3. The number of nitrogen functional groups attached to an aromatic ring is 1. The van der Waals surface area contributed by atoms with Gasteiger partial charge in [0, 0.05) is 13.1 Å². The molecule has 1 atom stereocenters. The van der Waals surface area contributed by atoms with Crippen molar-refractivity contribution in [3.05, 3.63) is 4.88 Å². The third-order valence-corrected chi connectivity index (χ3v) is 6.73. The van der Waals surface area contributed by atoms with E-state index in [1.54, 1.807) is 13.8 Å². The molecule has 0 spiro atoms. The molecule has 1 saturated heterocycles. The Bertz CT molecular complexity index is 686. The van der Waals surface area contributed by atoms with Gasteiger partial charge in [0.1, 0.15) is 20.8 Å². The third kappa shape index (κ3) is 3.00. The van der Waals surface area contributed by atoms with E-state index in [1.165, 1.54) is 0 Å². The summed E-state index contributed by atoms with van der Waals surface area (Å²) in [5, 5.41) is 19.8. The Kier molecular flexibility index (Phi) is 4.19. The smallest absolute Gasteiger partial charge is 0.183 e. The van der Waals surface area contributed by atoms with E-state index >= 15 is 0 Å². The zero-order chi connectivity index (χ0) is 15.8. The average molecular weight is 329 g/mol. The van der Waals surface area contributed by atoms with Crippen molar-refractivity contribution in [2.24, 2.45) is 0 Å². The Balaban J connectivity index is 2.56. The maximum Gasteiger partial charge on any atom is 0.183 e. The van der Waals surface area contributed by atoms with E-state index in [4.69, 9.17) is 11.0 Å². The second-order valence-electron chi connectivity index (χ2n) is 5.52. The summed E-state index contributed by atoms with van der Waals surface area (Å²) in [5.41, 5.74) is 5.04. The molecule has 21 heavy (non-hydrogen) atoms. The van der Waals surface area contributed by atoms with Crippen LogP contribution in [0.3, 0.4) is 0 Å². The number of rotatable bonds is 3. The first kappa shape index (κ1) is 16.1. The van der Waals surface area contributed by atoms with E-state index in [0.29, 0.717) is 24.5 Å². The SMILES string of the molecule is CCS(=O)(=O)c1c(N2CCCC(C)(O)C2)sc(C#N)c1N. The number of anilines is 2. The van der Waals surface area contributed by atoms with Gasteiger partial charge in [-0.25, -0.2) is 8.42 Å². The van der Waals surface area contributed by atoms with Crippen molar-refractivity contribution in [1.29, 1.82) is 5.26 Å². The normalized spacial score (nSPS) is 23.0. The lowest BCUT2D eigenvalue weighted by molar-refractivity contribution is 0.0450. The van der Waals surface area contributed by atoms with Crippen molar-refractivity contribution < 1.29 is 13.5 Å². The van der Waals surface area contributed by atoms with Gasteiger partial charge in [-0.1, -0.05) is 6.92 Å². The Morgan fingerprint density at radius 2 is 2.24 bits per heavy atom. The fraction of sp³-hybridized carbons (Fsp3) is 0.615. The molecule has 0 aliphatic carbocycles. The van der Waals surface area contributed by atoms with Gasteiger partial charge in [0.05, 0.1) is 17.0 Å². The summed E-state index contributed by atoms with van der Waals surface area (Å²) in [6.45, 7) is 4.27. The molecule has 1 aliphatic heterocycles. The second kappa shape index (κ2) is 5.48. The lowest BCUT2D eigenvalue weighted by atomic mass is 9.95. The largest absolute Gasteiger partial charge is 0.396 e. The van der Waals surface area contributed by atoms with Crippen molar-refractivity contribution in [3.63, 3.8) is 0 Å². The number of β-amino-alcohol motifs (C(OH)–C–C–N with tert-alkyl or cyclic N) is 1. The maximum absolute atomic E-state index is 12.3. The first-order chi connectivity index (χ1) is 9.72. The molecule has 0 amide bonds. The van der Waals surface area contributed by atoms with Crippen LogP contribution in [0.15, 0.2) is 4.90 Å². The summed E-state index contributed by atoms with van der Waals surface area (Å²) in [7, 11) is -3.52. The zero-order valence-electron chi connectivity index (χ0n) is 12.1. The van der Waals surface area contributed by atoms with Crippen molar-refractivity contribution >= 4 is 31.9 Å². The van der Waals surface area contributed by atoms with Crippen molar-refractivity contribution in [1.82, 2.24) is 0 Å². The molecule has 1 unspecified atom stereocenters. The molecule has 3 N–H and O–H groups in total. The molecule has 1 aromatic rings. The fourth-order valence-corrected chi connectivity index (χ4v) is 5.18. The number of piperidine rings is 1. The Morgan fingerprint density at radius 1 is 1.57 bits per heavy atom. The molecule has 6 nitrogen and oxygen atoms in total. The second-order valence-corrected chi connectivity index (χ2v) is 8.73. The van der Waals surface area contributed by atoms with Gasteiger partial charge in [0.15, 0.2) is 9.84 Å². The Morgan fingerprint density at radius 3 is 2.76 bits per heavy atom. The molecule has 0 radical (unpaired) electrons. The number of aliphatic hydroxyl groups is 1. The highest BCUT2D eigenvalue weighted by molar-refractivity contribution is 7.91. The quantitative estimate of drug-likeness (QED) is 0.866. The van der Waals surface area contributed by atoms with Crippen molar-refractivity contribution in [3.8, 4) is 6.07 Å². The van der Waals surface area contributed by atoms with Gasteiger partial charge in [0.25, 0.3) is 0 Å². The van der Waals surface area contributed by atoms with E-state index in [9.17, 15) is 13.5 Å². The zero-order valence-corrected chi connectivity index (χ0v) is 13.7. The number of sulfone groups is 1. The van der Waals surface area contributed by atoms with Crippen LogP contribution >= 0.6 is 11.3 Å². The molecule has 116 valence electrons. The van der Waals surface area contributed by atoms with Gasteiger partial charge in [-0.2, -0.15) is 5.26 Å². The molecule has 8 heteroatoms. The summed E-state index contributed by atoms with van der Waals surface area (Å²) in [5.74, 6) is -0.0734. The van der Waals surface area contributed by atoms with Crippen LogP contribution in [0.4, 0.5) is 10.7 Å². The van der Waals surface area contributed by atoms with Crippen LogP contribution in [-0.4, -0.2) is 38.0 Å². The van der Waals surface area contributed by atoms with Crippen LogP contribution in [-0.2, 0) is 9.84 Å². The summed E-state index contributed by atoms with van der Waals surface area (Å²) in [4.78, 5) is 2.08. The molecule has 0 aromatic carbocycles. The summed E-state index contributed by atoms with van der Waals surface area (Å²) in [6.07, 6.45) is 1.43. The van der Waals surface area contributed by atoms with E-state index in [2.05, 4.69) is 0 Å². The lowest BCUT2D eigenvalue weighted by Gasteiger charge is -2.37. The fourth-order valence-electron chi connectivity index (χ4n) is 2.55. The number of nitrogens with two attached hydrogens (primary N) is 1. The monoisotopic (exact) mass is 329 g/mol. The summed E-state index contributed by atoms with van der Waals surface area (Å²) in [6, 6.07) is 1.95.